The maximum absolute atomic E-state index is 12.6. The number of piperidine rings is 2. The Morgan fingerprint density at radius 2 is 1.57 bits per heavy atom. The van der Waals surface area contributed by atoms with E-state index in [4.69, 9.17) is 5.11 Å². The van der Waals surface area contributed by atoms with Crippen molar-refractivity contribution < 1.29 is 14.7 Å². The SMILES string of the molecule is O=C(O)CC1CC2CCC(C1)N2C(=O)CC1CCNCC1. The van der Waals surface area contributed by atoms with Crippen LogP contribution in [0.3, 0.4) is 0 Å². The molecule has 0 aromatic heterocycles. The fourth-order valence-electron chi connectivity index (χ4n) is 4.55. The van der Waals surface area contributed by atoms with E-state index in [1.165, 1.54) is 0 Å². The monoisotopic (exact) mass is 294 g/mol. The molecule has 21 heavy (non-hydrogen) atoms. The molecular weight excluding hydrogens is 268 g/mol. The van der Waals surface area contributed by atoms with Gasteiger partial charge in [0, 0.05) is 24.9 Å². The predicted octanol–water partition coefficient (Wildman–Crippen LogP) is 1.62. The van der Waals surface area contributed by atoms with Crippen molar-refractivity contribution in [1.82, 2.24) is 10.2 Å². The number of nitrogens with zero attached hydrogens (tertiary/aromatic N) is 1. The molecule has 118 valence electrons. The molecule has 0 aliphatic carbocycles. The van der Waals surface area contributed by atoms with Gasteiger partial charge in [0.15, 0.2) is 0 Å². The standard InChI is InChI=1S/C16H26N2O3/c19-15(9-11-3-5-17-6-4-11)18-13-1-2-14(18)8-12(7-13)10-16(20)21/h11-14,17H,1-10H2,(H,20,21). The van der Waals surface area contributed by atoms with Gasteiger partial charge in [0.2, 0.25) is 5.91 Å². The van der Waals surface area contributed by atoms with E-state index in [1.54, 1.807) is 0 Å². The Bertz CT molecular complexity index is 392. The molecular formula is C16H26N2O3. The number of nitrogens with one attached hydrogen (secondary N) is 1. The molecule has 3 rings (SSSR count). The molecule has 1 amide bonds. The normalized spacial score (nSPS) is 33.1. The number of hydrogen-bond acceptors (Lipinski definition) is 3. The highest BCUT2D eigenvalue weighted by molar-refractivity contribution is 5.77. The van der Waals surface area contributed by atoms with Crippen molar-refractivity contribution in [3.63, 3.8) is 0 Å². The summed E-state index contributed by atoms with van der Waals surface area (Å²) in [4.78, 5) is 25.7. The van der Waals surface area contributed by atoms with Crippen LogP contribution in [0.25, 0.3) is 0 Å². The van der Waals surface area contributed by atoms with Gasteiger partial charge in [0.25, 0.3) is 0 Å². The number of amides is 1. The lowest BCUT2D eigenvalue weighted by Crippen LogP contribution is -2.47. The molecule has 5 nitrogen and oxygen atoms in total. The van der Waals surface area contributed by atoms with E-state index in [0.29, 0.717) is 30.3 Å². The molecule has 0 radical (unpaired) electrons. The molecule has 2 unspecified atom stereocenters. The van der Waals surface area contributed by atoms with Gasteiger partial charge in [-0.05, 0) is 63.5 Å². The molecule has 0 aromatic carbocycles. The minimum atomic E-state index is -0.700. The number of carbonyl (C=O) groups is 2. The second-order valence-electron chi connectivity index (χ2n) is 7.02. The van der Waals surface area contributed by atoms with E-state index in [0.717, 1.165) is 51.6 Å². The highest BCUT2D eigenvalue weighted by Gasteiger charge is 2.43. The zero-order valence-corrected chi connectivity index (χ0v) is 12.6. The van der Waals surface area contributed by atoms with Gasteiger partial charge < -0.3 is 15.3 Å². The number of carboxylic acid groups (broad SMARTS) is 1. The summed E-state index contributed by atoms with van der Waals surface area (Å²) in [5.74, 6) is 0.426. The lowest BCUT2D eigenvalue weighted by Gasteiger charge is -2.39. The number of fused-ring (bicyclic) bond motifs is 2. The third kappa shape index (κ3) is 3.39. The summed E-state index contributed by atoms with van der Waals surface area (Å²) >= 11 is 0. The average Bonchev–Trinajstić information content (AvgIpc) is 2.71. The Balaban J connectivity index is 1.56. The third-order valence-electron chi connectivity index (χ3n) is 5.50. The van der Waals surface area contributed by atoms with Crippen molar-refractivity contribution >= 4 is 11.9 Å². The van der Waals surface area contributed by atoms with Gasteiger partial charge in [0.05, 0.1) is 0 Å². The topological polar surface area (TPSA) is 69.6 Å². The second kappa shape index (κ2) is 6.34. The second-order valence-corrected chi connectivity index (χ2v) is 7.02. The minimum absolute atomic E-state index is 0.267. The molecule has 2 atom stereocenters. The van der Waals surface area contributed by atoms with Gasteiger partial charge in [-0.15, -0.1) is 0 Å². The van der Waals surface area contributed by atoms with Crippen LogP contribution in [0, 0.1) is 11.8 Å². The Kier molecular flexibility index (Phi) is 4.48. The van der Waals surface area contributed by atoms with Crippen LogP contribution < -0.4 is 5.32 Å². The molecule has 5 heteroatoms. The molecule has 3 aliphatic heterocycles. The van der Waals surface area contributed by atoms with Crippen LogP contribution in [-0.4, -0.2) is 47.1 Å². The van der Waals surface area contributed by atoms with Gasteiger partial charge in [0.1, 0.15) is 0 Å². The van der Waals surface area contributed by atoms with Crippen LogP contribution in [0.1, 0.15) is 51.4 Å². The van der Waals surface area contributed by atoms with Crippen LogP contribution in [0.4, 0.5) is 0 Å². The Morgan fingerprint density at radius 3 is 2.14 bits per heavy atom. The fraction of sp³-hybridized carbons (Fsp3) is 0.875. The predicted molar refractivity (Wildman–Crippen MR) is 78.8 cm³/mol. The molecule has 3 heterocycles. The molecule has 3 saturated heterocycles. The lowest BCUT2D eigenvalue weighted by atomic mass is 9.87. The zero-order chi connectivity index (χ0) is 14.8. The van der Waals surface area contributed by atoms with Gasteiger partial charge in [-0.1, -0.05) is 0 Å². The maximum Gasteiger partial charge on any atom is 0.303 e. The quantitative estimate of drug-likeness (QED) is 0.826. The van der Waals surface area contributed by atoms with E-state index in [9.17, 15) is 9.59 Å². The Morgan fingerprint density at radius 1 is 0.952 bits per heavy atom. The molecule has 3 fully saturated rings. The van der Waals surface area contributed by atoms with Crippen molar-refractivity contribution in [3.8, 4) is 0 Å². The van der Waals surface area contributed by atoms with Crippen molar-refractivity contribution in [1.29, 1.82) is 0 Å². The molecule has 0 spiro atoms. The van der Waals surface area contributed by atoms with Gasteiger partial charge in [-0.2, -0.15) is 0 Å². The first-order chi connectivity index (χ1) is 10.1. The fourth-order valence-corrected chi connectivity index (χ4v) is 4.55. The average molecular weight is 294 g/mol. The number of carbonyl (C=O) groups excluding carboxylic acids is 1. The van der Waals surface area contributed by atoms with E-state index in [2.05, 4.69) is 10.2 Å². The van der Waals surface area contributed by atoms with E-state index in [-0.39, 0.29) is 12.3 Å². The first-order valence-corrected chi connectivity index (χ1v) is 8.37. The summed E-state index contributed by atoms with van der Waals surface area (Å²) in [6.45, 7) is 2.07. The highest BCUT2D eigenvalue weighted by atomic mass is 16.4. The van der Waals surface area contributed by atoms with Gasteiger partial charge in [-0.3, -0.25) is 9.59 Å². The molecule has 0 saturated carbocycles. The molecule has 0 aromatic rings. The largest absolute Gasteiger partial charge is 0.481 e. The van der Waals surface area contributed by atoms with Crippen molar-refractivity contribution in [2.24, 2.45) is 11.8 Å². The van der Waals surface area contributed by atoms with Crippen LogP contribution in [0.2, 0.25) is 0 Å². The minimum Gasteiger partial charge on any atom is -0.481 e. The zero-order valence-electron chi connectivity index (χ0n) is 12.6. The number of hydrogen-bond donors (Lipinski definition) is 2. The summed E-state index contributed by atoms with van der Waals surface area (Å²) in [5, 5.41) is 12.3. The summed E-state index contributed by atoms with van der Waals surface area (Å²) in [5.41, 5.74) is 0. The van der Waals surface area contributed by atoms with Crippen molar-refractivity contribution in [2.45, 2.75) is 63.5 Å². The molecule has 3 aliphatic rings. The highest BCUT2D eigenvalue weighted by Crippen LogP contribution is 2.40. The number of carboxylic acids is 1. The molecule has 2 bridgehead atoms. The van der Waals surface area contributed by atoms with Crippen LogP contribution in [0.15, 0.2) is 0 Å². The maximum atomic E-state index is 12.6. The smallest absolute Gasteiger partial charge is 0.303 e. The van der Waals surface area contributed by atoms with Gasteiger partial charge in [-0.25, -0.2) is 0 Å². The van der Waals surface area contributed by atoms with Gasteiger partial charge >= 0.3 is 5.97 Å². The first-order valence-electron chi connectivity index (χ1n) is 8.37. The summed E-state index contributed by atoms with van der Waals surface area (Å²) in [6, 6.07) is 0.615. The van der Waals surface area contributed by atoms with Crippen LogP contribution in [0.5, 0.6) is 0 Å². The molecule has 2 N–H and O–H groups in total. The lowest BCUT2D eigenvalue weighted by molar-refractivity contribution is -0.140. The number of rotatable bonds is 4. The van der Waals surface area contributed by atoms with Crippen LogP contribution >= 0.6 is 0 Å². The van der Waals surface area contributed by atoms with Crippen LogP contribution in [-0.2, 0) is 9.59 Å². The van der Waals surface area contributed by atoms with Crippen molar-refractivity contribution in [3.05, 3.63) is 0 Å². The number of aliphatic carboxylic acids is 1. The summed E-state index contributed by atoms with van der Waals surface area (Å²) < 4.78 is 0. The Hall–Kier alpha value is -1.10. The third-order valence-corrected chi connectivity index (χ3v) is 5.50. The summed E-state index contributed by atoms with van der Waals surface area (Å²) in [7, 11) is 0. The Labute approximate surface area is 126 Å². The summed E-state index contributed by atoms with van der Waals surface area (Å²) in [6.07, 6.45) is 7.09. The van der Waals surface area contributed by atoms with E-state index < -0.39 is 5.97 Å². The van der Waals surface area contributed by atoms with E-state index in [1.807, 2.05) is 0 Å². The van der Waals surface area contributed by atoms with Crippen molar-refractivity contribution in [2.75, 3.05) is 13.1 Å². The first kappa shape index (κ1) is 14.8. The van der Waals surface area contributed by atoms with E-state index >= 15 is 0 Å².